The van der Waals surface area contributed by atoms with Crippen LogP contribution in [0.3, 0.4) is 0 Å². The van der Waals surface area contributed by atoms with Gasteiger partial charge in [0.25, 0.3) is 0 Å². The highest BCUT2D eigenvalue weighted by Gasteiger charge is 2.35. The van der Waals surface area contributed by atoms with E-state index in [1.807, 2.05) is 27.7 Å². The maximum absolute atomic E-state index is 11.1. The van der Waals surface area contributed by atoms with E-state index in [2.05, 4.69) is 29.9 Å². The number of nitrogens with zero attached hydrogens (tertiary/aromatic N) is 8. The van der Waals surface area contributed by atoms with Gasteiger partial charge in [-0.3, -0.25) is 9.80 Å². The second-order valence-electron chi connectivity index (χ2n) is 8.68. The van der Waals surface area contributed by atoms with E-state index in [1.54, 1.807) is 9.80 Å². The van der Waals surface area contributed by atoms with Crippen molar-refractivity contribution in [2.24, 2.45) is 0 Å². The summed E-state index contributed by atoms with van der Waals surface area (Å²) in [5.41, 5.74) is 23.4. The molecule has 15 nitrogen and oxygen atoms in total. The third kappa shape index (κ3) is 8.36. The number of aliphatic hydroxyl groups is 2. The molecule has 0 saturated heterocycles. The van der Waals surface area contributed by atoms with Gasteiger partial charge in [0.1, 0.15) is 24.9 Å². The Hall–Kier alpha value is -3.30. The predicted molar refractivity (Wildman–Crippen MR) is 143 cm³/mol. The average molecular weight is 523 g/mol. The fourth-order valence-corrected chi connectivity index (χ4v) is 3.95. The summed E-state index contributed by atoms with van der Waals surface area (Å²) in [7, 11) is 0. The molecule has 2 aromatic rings. The highest BCUT2D eigenvalue weighted by atomic mass is 16.5. The molecule has 0 saturated carbocycles. The summed E-state index contributed by atoms with van der Waals surface area (Å²) in [5, 5.41) is 22.3. The summed E-state index contributed by atoms with van der Waals surface area (Å²) in [5.74, 6) is -0.122. The first kappa shape index (κ1) is 29.9. The molecule has 2 rings (SSSR count). The van der Waals surface area contributed by atoms with E-state index in [0.717, 1.165) is 0 Å². The molecule has 0 amide bonds. The summed E-state index contributed by atoms with van der Waals surface area (Å²) in [6.45, 7) is 7.88. The highest BCUT2D eigenvalue weighted by Crippen LogP contribution is 2.28. The van der Waals surface area contributed by atoms with Crippen molar-refractivity contribution in [2.75, 3.05) is 32.7 Å². The average Bonchev–Trinajstić information content (AvgIpc) is 2.79. The molecule has 10 N–H and O–H groups in total. The Morgan fingerprint density at radius 3 is 1.14 bits per heavy atom. The minimum absolute atomic E-state index is 0.0762. The topological polar surface area (TPSA) is 238 Å². The van der Waals surface area contributed by atoms with Gasteiger partial charge >= 0.3 is 0 Å². The molecular weight excluding hydrogens is 480 g/mol. The van der Waals surface area contributed by atoms with Gasteiger partial charge in [0.15, 0.2) is 0 Å². The van der Waals surface area contributed by atoms with Crippen LogP contribution in [0.2, 0.25) is 0 Å². The Balaban J connectivity index is 2.58. The molecule has 2 aromatic heterocycles. The van der Waals surface area contributed by atoms with Crippen molar-refractivity contribution in [2.45, 2.75) is 104 Å². The quantitative estimate of drug-likeness (QED) is 0.170. The molecule has 0 aromatic carbocycles. The molecule has 0 aliphatic rings. The monoisotopic (exact) mass is 522 g/mol. The number of anilines is 6. The van der Waals surface area contributed by atoms with Gasteiger partial charge in [0, 0.05) is 0 Å². The maximum atomic E-state index is 11.1. The zero-order valence-corrected chi connectivity index (χ0v) is 22.2. The number of aromatic nitrogens is 6. The molecule has 37 heavy (non-hydrogen) atoms. The minimum Gasteiger partial charge on any atom is -0.373 e. The molecule has 0 bridgehead atoms. The first-order valence-electron chi connectivity index (χ1n) is 12.8. The predicted octanol–water partition coefficient (Wildman–Crippen LogP) is 1.20. The normalized spacial score (nSPS) is 14.6. The van der Waals surface area contributed by atoms with E-state index in [4.69, 9.17) is 27.7 Å². The summed E-state index contributed by atoms with van der Waals surface area (Å²) in [6, 6.07) is 0. The van der Waals surface area contributed by atoms with Crippen molar-refractivity contribution in [3.8, 4) is 0 Å². The lowest BCUT2D eigenvalue weighted by Crippen LogP contribution is -2.53. The first-order valence-corrected chi connectivity index (χ1v) is 12.8. The Bertz CT molecular complexity index is 852. The Labute approximate surface area is 217 Å². The van der Waals surface area contributed by atoms with E-state index in [9.17, 15) is 10.2 Å². The van der Waals surface area contributed by atoms with E-state index < -0.39 is 24.9 Å². The number of hydrogen-bond donors (Lipinski definition) is 6. The number of nitrogens with two attached hydrogens (primary N) is 4. The molecular formula is C22H42N12O3. The fraction of sp³-hybridized carbons (Fsp3) is 0.727. The highest BCUT2D eigenvalue weighted by molar-refractivity contribution is 5.42. The maximum Gasteiger partial charge on any atom is 0.236 e. The molecule has 208 valence electrons. The minimum atomic E-state index is -0.998. The van der Waals surface area contributed by atoms with Crippen molar-refractivity contribution in [3.05, 3.63) is 0 Å². The van der Waals surface area contributed by atoms with Crippen LogP contribution < -0.4 is 32.7 Å². The van der Waals surface area contributed by atoms with Crippen LogP contribution in [-0.2, 0) is 4.74 Å². The molecule has 0 aliphatic heterocycles. The van der Waals surface area contributed by atoms with E-state index in [0.29, 0.717) is 51.4 Å². The van der Waals surface area contributed by atoms with E-state index in [1.165, 1.54) is 0 Å². The third-order valence-electron chi connectivity index (χ3n) is 5.52. The van der Waals surface area contributed by atoms with Gasteiger partial charge in [-0.1, -0.05) is 53.4 Å². The Morgan fingerprint density at radius 1 is 0.568 bits per heavy atom. The van der Waals surface area contributed by atoms with Crippen LogP contribution in [0.25, 0.3) is 0 Å². The van der Waals surface area contributed by atoms with Gasteiger partial charge in [-0.15, -0.1) is 0 Å². The number of aliphatic hydroxyl groups excluding tert-OH is 2. The smallest absolute Gasteiger partial charge is 0.236 e. The van der Waals surface area contributed by atoms with Crippen molar-refractivity contribution in [1.29, 1.82) is 0 Å². The zero-order valence-electron chi connectivity index (χ0n) is 22.2. The van der Waals surface area contributed by atoms with Gasteiger partial charge in [-0.2, -0.15) is 29.9 Å². The summed E-state index contributed by atoms with van der Waals surface area (Å²) < 4.78 is 6.63. The Kier molecular flexibility index (Phi) is 11.7. The van der Waals surface area contributed by atoms with E-state index >= 15 is 0 Å². The van der Waals surface area contributed by atoms with Crippen LogP contribution >= 0.6 is 0 Å². The number of ether oxygens (including phenoxy) is 1. The lowest BCUT2D eigenvalue weighted by atomic mass is 10.2. The molecule has 0 fully saturated rings. The second-order valence-corrected chi connectivity index (χ2v) is 8.68. The van der Waals surface area contributed by atoms with Gasteiger partial charge in [0.2, 0.25) is 35.7 Å². The SMILES string of the molecule is CCCC(O)N(c1nc(N)nc(N)n1)C(CCC)OC(CCC)N(c1nc(N)nc(N)n1)C(O)CCC. The molecule has 0 radical (unpaired) electrons. The fourth-order valence-electron chi connectivity index (χ4n) is 3.95. The standard InChI is InChI=1S/C22H42N12O3/c1-5-9-13(35)33(21-29-17(23)27-18(24)30-21)15(11-7-3)37-16(12-8-4)34(14(36)10-6-2)22-31-19(25)28-20(26)32-22/h13-16,35-36H,5-12H2,1-4H3,(H4,23,24,27,29,30)(H4,25,26,28,31,32). The lowest BCUT2D eigenvalue weighted by Gasteiger charge is -2.41. The van der Waals surface area contributed by atoms with Crippen LogP contribution in [0.1, 0.15) is 79.1 Å². The summed E-state index contributed by atoms with van der Waals surface area (Å²) in [6.07, 6.45) is 1.16. The van der Waals surface area contributed by atoms with Crippen molar-refractivity contribution >= 4 is 35.7 Å². The van der Waals surface area contributed by atoms with E-state index in [-0.39, 0.29) is 35.7 Å². The van der Waals surface area contributed by atoms with Crippen LogP contribution in [0.4, 0.5) is 35.7 Å². The van der Waals surface area contributed by atoms with Crippen LogP contribution in [0.15, 0.2) is 0 Å². The molecule has 4 unspecified atom stereocenters. The number of nitrogen functional groups attached to an aromatic ring is 4. The zero-order chi connectivity index (χ0) is 27.5. The van der Waals surface area contributed by atoms with Gasteiger partial charge < -0.3 is 37.9 Å². The van der Waals surface area contributed by atoms with Crippen molar-refractivity contribution < 1.29 is 14.9 Å². The van der Waals surface area contributed by atoms with Crippen LogP contribution in [0.5, 0.6) is 0 Å². The second kappa shape index (κ2) is 14.4. The molecule has 4 atom stereocenters. The molecule has 15 heteroatoms. The summed E-state index contributed by atoms with van der Waals surface area (Å²) >= 11 is 0. The van der Waals surface area contributed by atoms with Gasteiger partial charge in [-0.25, -0.2) is 0 Å². The van der Waals surface area contributed by atoms with Gasteiger partial charge in [0.05, 0.1) is 0 Å². The number of hydrogen-bond acceptors (Lipinski definition) is 15. The molecule has 2 heterocycles. The first-order chi connectivity index (χ1) is 17.6. The number of rotatable bonds is 16. The van der Waals surface area contributed by atoms with Crippen molar-refractivity contribution in [3.63, 3.8) is 0 Å². The van der Waals surface area contributed by atoms with Crippen LogP contribution in [-0.4, -0.2) is 65.0 Å². The molecule has 0 spiro atoms. The van der Waals surface area contributed by atoms with Crippen LogP contribution in [0, 0.1) is 0 Å². The largest absolute Gasteiger partial charge is 0.373 e. The summed E-state index contributed by atoms with van der Waals surface area (Å²) in [4.78, 5) is 27.6. The molecule has 0 aliphatic carbocycles. The third-order valence-corrected chi connectivity index (χ3v) is 5.52. The van der Waals surface area contributed by atoms with Gasteiger partial charge in [-0.05, 0) is 25.7 Å². The van der Waals surface area contributed by atoms with Crippen molar-refractivity contribution in [1.82, 2.24) is 29.9 Å². The lowest BCUT2D eigenvalue weighted by molar-refractivity contribution is -0.0595. The Morgan fingerprint density at radius 2 is 0.865 bits per heavy atom.